The lowest BCUT2D eigenvalue weighted by molar-refractivity contribution is -0.142. The van der Waals surface area contributed by atoms with Gasteiger partial charge in [-0.15, -0.1) is 0 Å². The highest BCUT2D eigenvalue weighted by molar-refractivity contribution is 5.80. The van der Waals surface area contributed by atoms with Gasteiger partial charge in [0.1, 0.15) is 6.04 Å². The summed E-state index contributed by atoms with van der Waals surface area (Å²) in [5, 5.41) is 21.2. The number of nitrogens with zero attached hydrogens (tertiary/aromatic N) is 1. The van der Waals surface area contributed by atoms with E-state index in [4.69, 9.17) is 5.11 Å². The van der Waals surface area contributed by atoms with Crippen LogP contribution >= 0.6 is 0 Å². The summed E-state index contributed by atoms with van der Waals surface area (Å²) in [7, 11) is 0. The van der Waals surface area contributed by atoms with Gasteiger partial charge in [0, 0.05) is 19.5 Å². The molecule has 2 atom stereocenters. The quantitative estimate of drug-likeness (QED) is 0.607. The number of rotatable bonds is 6. The molecule has 0 radical (unpaired) electrons. The number of carbonyl (C=O) groups excluding carboxylic acids is 1. The zero-order valence-corrected chi connectivity index (χ0v) is 10.9. The molecule has 0 saturated carbocycles. The molecule has 3 N–H and O–H groups in total. The summed E-state index contributed by atoms with van der Waals surface area (Å²) in [5.74, 6) is -0.650. The molecule has 1 saturated heterocycles. The van der Waals surface area contributed by atoms with Gasteiger partial charge in [-0.2, -0.15) is 0 Å². The molecule has 1 rings (SSSR count). The smallest absolute Gasteiger partial charge is 0.321 e. The molecule has 18 heavy (non-hydrogen) atoms. The molecule has 1 aliphatic rings. The fourth-order valence-electron chi connectivity index (χ4n) is 2.05. The number of aliphatic carboxylic acids is 1. The van der Waals surface area contributed by atoms with Crippen LogP contribution in [0.1, 0.15) is 26.7 Å². The Labute approximate surface area is 107 Å². The van der Waals surface area contributed by atoms with Crippen LogP contribution in [0, 0.1) is 5.92 Å². The molecule has 0 aromatic heterocycles. The predicted molar refractivity (Wildman–Crippen MR) is 66.1 cm³/mol. The van der Waals surface area contributed by atoms with E-state index in [9.17, 15) is 14.7 Å². The Morgan fingerprint density at radius 2 is 2.11 bits per heavy atom. The van der Waals surface area contributed by atoms with Crippen LogP contribution in [0.4, 0.5) is 0 Å². The van der Waals surface area contributed by atoms with Gasteiger partial charge in [0.15, 0.2) is 0 Å². The number of amides is 1. The first-order chi connectivity index (χ1) is 8.40. The number of likely N-dealkylation sites (tertiary alicyclic amines) is 1. The number of hydrogen-bond acceptors (Lipinski definition) is 4. The molecule has 0 aliphatic carbocycles. The van der Waals surface area contributed by atoms with E-state index in [1.54, 1.807) is 0 Å². The third-order valence-corrected chi connectivity index (χ3v) is 3.06. The first kappa shape index (κ1) is 14.9. The van der Waals surface area contributed by atoms with Crippen molar-refractivity contribution in [3.63, 3.8) is 0 Å². The van der Waals surface area contributed by atoms with Gasteiger partial charge in [-0.05, 0) is 12.3 Å². The topological polar surface area (TPSA) is 89.9 Å². The van der Waals surface area contributed by atoms with Crippen LogP contribution in [0.15, 0.2) is 0 Å². The predicted octanol–water partition coefficient (Wildman–Crippen LogP) is -0.331. The normalized spacial score (nSPS) is 24.4. The van der Waals surface area contributed by atoms with Gasteiger partial charge >= 0.3 is 5.97 Å². The van der Waals surface area contributed by atoms with Gasteiger partial charge in [0.25, 0.3) is 0 Å². The molecule has 0 aromatic rings. The maximum Gasteiger partial charge on any atom is 0.321 e. The maximum atomic E-state index is 11.6. The van der Waals surface area contributed by atoms with Crippen molar-refractivity contribution < 1.29 is 19.8 Å². The van der Waals surface area contributed by atoms with Crippen molar-refractivity contribution in [2.45, 2.75) is 38.8 Å². The van der Waals surface area contributed by atoms with Gasteiger partial charge in [0.05, 0.1) is 12.6 Å². The number of carboxylic acid groups (broad SMARTS) is 1. The van der Waals surface area contributed by atoms with Gasteiger partial charge < -0.3 is 15.5 Å². The minimum atomic E-state index is -0.985. The minimum absolute atomic E-state index is 0.0339. The lowest BCUT2D eigenvalue weighted by Crippen LogP contribution is -2.43. The summed E-state index contributed by atoms with van der Waals surface area (Å²) in [6, 6.07) is -0.754. The average molecular weight is 258 g/mol. The molecular weight excluding hydrogens is 236 g/mol. The van der Waals surface area contributed by atoms with Crippen LogP contribution in [0.2, 0.25) is 0 Å². The van der Waals surface area contributed by atoms with Crippen molar-refractivity contribution in [2.75, 3.05) is 19.6 Å². The molecule has 6 heteroatoms. The van der Waals surface area contributed by atoms with E-state index in [1.165, 1.54) is 4.90 Å². The van der Waals surface area contributed by atoms with E-state index in [-0.39, 0.29) is 25.4 Å². The first-order valence-corrected chi connectivity index (χ1v) is 6.31. The van der Waals surface area contributed by atoms with Crippen molar-refractivity contribution in [3.05, 3.63) is 0 Å². The third-order valence-electron chi connectivity index (χ3n) is 3.06. The molecule has 2 unspecified atom stereocenters. The number of carboxylic acids is 1. The van der Waals surface area contributed by atoms with E-state index >= 15 is 0 Å². The second-order valence-corrected chi connectivity index (χ2v) is 5.21. The van der Waals surface area contributed by atoms with Crippen molar-refractivity contribution in [1.82, 2.24) is 10.2 Å². The Balaban J connectivity index is 2.36. The van der Waals surface area contributed by atoms with Crippen LogP contribution in [0.3, 0.4) is 0 Å². The van der Waals surface area contributed by atoms with Gasteiger partial charge in [-0.3, -0.25) is 14.5 Å². The number of aliphatic hydroxyl groups excluding tert-OH is 1. The summed E-state index contributed by atoms with van der Waals surface area (Å²) in [6.45, 7) is 5.03. The molecular formula is C12H22N2O4. The van der Waals surface area contributed by atoms with Crippen LogP contribution < -0.4 is 5.32 Å². The molecule has 6 nitrogen and oxygen atoms in total. The summed E-state index contributed by atoms with van der Waals surface area (Å²) < 4.78 is 0. The van der Waals surface area contributed by atoms with E-state index in [1.807, 2.05) is 0 Å². The monoisotopic (exact) mass is 258 g/mol. The molecule has 0 spiro atoms. The standard InChI is InChI=1S/C12H22N2O4/c1-8(2)3-4-13-11(16)7-14-6-9(15)5-10(14)12(17)18/h8-10,15H,3-7H2,1-2H3,(H,13,16)(H,17,18). The Bertz CT molecular complexity index is 306. The van der Waals surface area contributed by atoms with Gasteiger partial charge in [0.2, 0.25) is 5.91 Å². The van der Waals surface area contributed by atoms with Gasteiger partial charge in [-0.25, -0.2) is 0 Å². The summed E-state index contributed by atoms with van der Waals surface area (Å²) >= 11 is 0. The van der Waals surface area contributed by atoms with Crippen molar-refractivity contribution in [2.24, 2.45) is 5.92 Å². The van der Waals surface area contributed by atoms with Gasteiger partial charge in [-0.1, -0.05) is 13.8 Å². The van der Waals surface area contributed by atoms with E-state index < -0.39 is 18.1 Å². The molecule has 1 amide bonds. The SMILES string of the molecule is CC(C)CCNC(=O)CN1CC(O)CC1C(=O)O. The highest BCUT2D eigenvalue weighted by atomic mass is 16.4. The second kappa shape index (κ2) is 6.70. The third kappa shape index (κ3) is 4.62. The molecule has 0 bridgehead atoms. The van der Waals surface area contributed by atoms with Crippen LogP contribution in [0.25, 0.3) is 0 Å². The summed E-state index contributed by atoms with van der Waals surface area (Å²) in [4.78, 5) is 24.1. The van der Waals surface area contributed by atoms with E-state index in [0.717, 1.165) is 6.42 Å². The number of nitrogens with one attached hydrogen (secondary N) is 1. The Morgan fingerprint density at radius 3 is 2.67 bits per heavy atom. The van der Waals surface area contributed by atoms with Crippen LogP contribution in [-0.4, -0.2) is 58.8 Å². The van der Waals surface area contributed by atoms with Crippen LogP contribution in [0.5, 0.6) is 0 Å². The number of β-amino-alcohol motifs (C(OH)–C–C–N with tert-alkyl or cyclic N) is 1. The zero-order chi connectivity index (χ0) is 13.7. The summed E-state index contributed by atoms with van der Waals surface area (Å²) in [6.07, 6.45) is 0.431. The fraction of sp³-hybridized carbons (Fsp3) is 0.833. The Morgan fingerprint density at radius 1 is 1.44 bits per heavy atom. The number of aliphatic hydroxyl groups is 1. The Kier molecular flexibility index (Phi) is 5.55. The molecule has 104 valence electrons. The molecule has 1 fully saturated rings. The first-order valence-electron chi connectivity index (χ1n) is 6.31. The lowest BCUT2D eigenvalue weighted by atomic mass is 10.1. The van der Waals surface area contributed by atoms with E-state index in [0.29, 0.717) is 12.5 Å². The average Bonchev–Trinajstić information content (AvgIpc) is 2.58. The van der Waals surface area contributed by atoms with Crippen molar-refractivity contribution in [1.29, 1.82) is 0 Å². The van der Waals surface area contributed by atoms with Crippen molar-refractivity contribution >= 4 is 11.9 Å². The maximum absolute atomic E-state index is 11.6. The minimum Gasteiger partial charge on any atom is -0.480 e. The Hall–Kier alpha value is -1.14. The highest BCUT2D eigenvalue weighted by Crippen LogP contribution is 2.17. The number of hydrogen-bond donors (Lipinski definition) is 3. The largest absolute Gasteiger partial charge is 0.480 e. The van der Waals surface area contributed by atoms with Crippen LogP contribution in [-0.2, 0) is 9.59 Å². The second-order valence-electron chi connectivity index (χ2n) is 5.21. The summed E-state index contributed by atoms with van der Waals surface area (Å²) in [5.41, 5.74) is 0. The molecule has 1 aliphatic heterocycles. The lowest BCUT2D eigenvalue weighted by Gasteiger charge is -2.20. The molecule has 1 heterocycles. The molecule has 0 aromatic carbocycles. The van der Waals surface area contributed by atoms with E-state index in [2.05, 4.69) is 19.2 Å². The fourth-order valence-corrected chi connectivity index (χ4v) is 2.05. The number of carbonyl (C=O) groups is 2. The zero-order valence-electron chi connectivity index (χ0n) is 10.9. The highest BCUT2D eigenvalue weighted by Gasteiger charge is 2.36. The van der Waals surface area contributed by atoms with Crippen molar-refractivity contribution in [3.8, 4) is 0 Å².